The Kier molecular flexibility index (Phi) is 53.9. The van der Waals surface area contributed by atoms with E-state index in [1.165, 1.54) is 12.8 Å². The standard InChI is InChI=1S/C20H34O6.C20H22O6.C16H30O6.C16H14O4.2CH4/c2*21-19(17-7-3-1-4-8-17)25-15-13-23-11-12-24-14-16-26-20(22)18-9-5-2-6-10-18;1-3-5-7-15(17)21-13-11-19-9-10-20-12-14-22-16(18)8-6-4-2;17-15(13-7-3-1-4-8-13)19-11-12-20-16(18)14-9-5-2-6-10-14;;/h17-18H,1-16H2;1-10H,11-16H2;3-14H2,1-2H3;1-10H,11-12H2;2*1H4. The number of rotatable bonds is 42. The highest BCUT2D eigenvalue weighted by atomic mass is 16.6. The summed E-state index contributed by atoms with van der Waals surface area (Å²) < 4.78 is 72.5. The fourth-order valence-electron chi connectivity index (χ4n) is 8.78. The van der Waals surface area contributed by atoms with Crippen LogP contribution in [-0.2, 0) is 85.5 Å². The van der Waals surface area contributed by atoms with Crippen LogP contribution in [0.5, 0.6) is 0 Å². The molecule has 0 heterocycles. The van der Waals surface area contributed by atoms with E-state index in [0.717, 1.165) is 77.0 Å². The Bertz CT molecular complexity index is 2420. The van der Waals surface area contributed by atoms with E-state index in [9.17, 15) is 38.4 Å². The first kappa shape index (κ1) is 86.4. The molecule has 0 radical (unpaired) electrons. The van der Waals surface area contributed by atoms with Gasteiger partial charge in [-0.3, -0.25) is 19.2 Å². The molecule has 0 saturated heterocycles. The van der Waals surface area contributed by atoms with Gasteiger partial charge in [-0.15, -0.1) is 0 Å². The third kappa shape index (κ3) is 44.9. The largest absolute Gasteiger partial charge is 0.463 e. The lowest BCUT2D eigenvalue weighted by Crippen LogP contribution is -2.23. The molecule has 2 saturated carbocycles. The summed E-state index contributed by atoms with van der Waals surface area (Å²) in [6.07, 6.45) is 15.4. The van der Waals surface area contributed by atoms with Crippen molar-refractivity contribution < 1.29 is 105 Å². The summed E-state index contributed by atoms with van der Waals surface area (Å²) in [7, 11) is 0. The van der Waals surface area contributed by atoms with Gasteiger partial charge in [-0.1, -0.05) is 153 Å². The van der Waals surface area contributed by atoms with Crippen molar-refractivity contribution in [1.82, 2.24) is 0 Å². The summed E-state index contributed by atoms with van der Waals surface area (Å²) in [5.74, 6) is -1.93. The van der Waals surface area contributed by atoms with Gasteiger partial charge < -0.3 is 66.3 Å². The smallest absolute Gasteiger partial charge is 0.338 e. The first-order valence-electron chi connectivity index (χ1n) is 33.0. The Morgan fingerprint density at radius 3 is 0.729 bits per heavy atom. The zero-order valence-corrected chi connectivity index (χ0v) is 55.1. The number of benzene rings is 4. The van der Waals surface area contributed by atoms with Crippen molar-refractivity contribution >= 4 is 47.8 Å². The molecule has 0 amide bonds. The molecule has 0 atom stereocenters. The van der Waals surface area contributed by atoms with Crippen molar-refractivity contribution in [3.63, 3.8) is 0 Å². The predicted octanol–water partition coefficient (Wildman–Crippen LogP) is 12.5. The van der Waals surface area contributed by atoms with Crippen LogP contribution in [0.4, 0.5) is 0 Å². The van der Waals surface area contributed by atoms with E-state index in [-0.39, 0.29) is 102 Å². The van der Waals surface area contributed by atoms with Crippen molar-refractivity contribution in [2.75, 3.05) is 132 Å². The first-order valence-corrected chi connectivity index (χ1v) is 33.0. The van der Waals surface area contributed by atoms with Gasteiger partial charge in [0.2, 0.25) is 0 Å². The van der Waals surface area contributed by atoms with E-state index in [2.05, 4.69) is 0 Å². The molecule has 4 aromatic carbocycles. The minimum Gasteiger partial charge on any atom is -0.463 e. The highest BCUT2D eigenvalue weighted by Gasteiger charge is 2.23. The first-order chi connectivity index (χ1) is 46.0. The number of unbranched alkanes of at least 4 members (excludes halogenated alkanes) is 2. The molecule has 6 rings (SSSR count). The van der Waals surface area contributed by atoms with Crippen molar-refractivity contribution in [2.24, 2.45) is 11.8 Å². The quantitative estimate of drug-likeness (QED) is 0.0227. The third-order valence-electron chi connectivity index (χ3n) is 13.9. The Hall–Kier alpha value is -7.60. The highest BCUT2D eigenvalue weighted by Crippen LogP contribution is 2.25. The molecule has 0 aliphatic heterocycles. The summed E-state index contributed by atoms with van der Waals surface area (Å²) in [6.45, 7) is 10.2. The summed E-state index contributed by atoms with van der Waals surface area (Å²) in [5.41, 5.74) is 1.98. The average molecular weight is 1350 g/mol. The fourth-order valence-corrected chi connectivity index (χ4v) is 8.78. The van der Waals surface area contributed by atoms with Gasteiger partial charge in [0.1, 0.15) is 52.9 Å². The molecule has 536 valence electrons. The minimum absolute atomic E-state index is 0. The van der Waals surface area contributed by atoms with Gasteiger partial charge in [0.15, 0.2) is 0 Å². The molecule has 0 spiro atoms. The number of esters is 8. The fraction of sp³-hybridized carbons (Fsp3) is 0.568. The lowest BCUT2D eigenvalue weighted by atomic mass is 9.89. The SMILES string of the molecule is C.C.CCCCC(=O)OCCOCCOCCOC(=O)CCCC.O=C(OCCOC(=O)c1ccccc1)c1ccccc1.O=C(OCCOCCOCCOC(=O)C1CCCCC1)C1CCCCC1.O=C(OCCOCCOCCOC(=O)c1ccccc1)c1ccccc1. The number of ether oxygens (including phenoxy) is 14. The molecule has 2 aliphatic rings. The average Bonchev–Trinajstić information content (AvgIpc) is 3.77. The molecule has 96 heavy (non-hydrogen) atoms. The van der Waals surface area contributed by atoms with E-state index in [4.69, 9.17) is 66.3 Å². The molecular weight excluding hydrogens is 1240 g/mol. The maximum absolute atomic E-state index is 11.8. The van der Waals surface area contributed by atoms with E-state index >= 15 is 0 Å². The van der Waals surface area contributed by atoms with Crippen LogP contribution in [0.1, 0.15) is 173 Å². The summed E-state index contributed by atoms with van der Waals surface area (Å²) in [4.78, 5) is 92.6. The number of hydrogen-bond acceptors (Lipinski definition) is 22. The molecule has 0 unspecified atom stereocenters. The topological polar surface area (TPSA) is 266 Å². The summed E-state index contributed by atoms with van der Waals surface area (Å²) >= 11 is 0. The van der Waals surface area contributed by atoms with Gasteiger partial charge in [-0.25, -0.2) is 19.2 Å². The minimum atomic E-state index is -0.429. The number of carbonyl (C=O) groups excluding carboxylic acids is 8. The van der Waals surface area contributed by atoms with E-state index < -0.39 is 11.9 Å². The Morgan fingerprint density at radius 2 is 0.490 bits per heavy atom. The summed E-state index contributed by atoms with van der Waals surface area (Å²) in [5, 5.41) is 0. The van der Waals surface area contributed by atoms with Gasteiger partial charge in [-0.05, 0) is 87.1 Å². The van der Waals surface area contributed by atoms with Crippen LogP contribution in [0.25, 0.3) is 0 Å². The van der Waals surface area contributed by atoms with Gasteiger partial charge >= 0.3 is 47.8 Å². The Balaban J connectivity index is 0.000000639. The van der Waals surface area contributed by atoms with Gasteiger partial charge in [0, 0.05) is 12.8 Å². The van der Waals surface area contributed by atoms with Crippen LogP contribution in [0.2, 0.25) is 0 Å². The highest BCUT2D eigenvalue weighted by molar-refractivity contribution is 5.91. The van der Waals surface area contributed by atoms with Crippen LogP contribution in [-0.4, -0.2) is 180 Å². The second kappa shape index (κ2) is 59.9. The Labute approximate surface area is 569 Å². The van der Waals surface area contributed by atoms with Crippen LogP contribution in [0, 0.1) is 11.8 Å². The molecule has 0 aromatic heterocycles. The molecule has 22 nitrogen and oxygen atoms in total. The lowest BCUT2D eigenvalue weighted by molar-refractivity contribution is -0.152. The predicted molar refractivity (Wildman–Crippen MR) is 361 cm³/mol. The molecule has 2 aliphatic carbocycles. The van der Waals surface area contributed by atoms with Gasteiger partial charge in [0.05, 0.1) is 113 Å². The van der Waals surface area contributed by atoms with Crippen molar-refractivity contribution in [2.45, 2.75) is 131 Å². The van der Waals surface area contributed by atoms with Crippen LogP contribution < -0.4 is 0 Å². The molecule has 22 heteroatoms. The normalized spacial score (nSPS) is 12.4. The molecule has 0 N–H and O–H groups in total. The second-order valence-corrected chi connectivity index (χ2v) is 21.3. The summed E-state index contributed by atoms with van der Waals surface area (Å²) in [6, 6.07) is 34.9. The van der Waals surface area contributed by atoms with E-state index in [1.54, 1.807) is 97.1 Å². The van der Waals surface area contributed by atoms with Crippen molar-refractivity contribution in [3.05, 3.63) is 144 Å². The van der Waals surface area contributed by atoms with Gasteiger partial charge in [-0.2, -0.15) is 0 Å². The van der Waals surface area contributed by atoms with Crippen molar-refractivity contribution in [3.8, 4) is 0 Å². The second-order valence-electron chi connectivity index (χ2n) is 21.3. The number of hydrogen-bond donors (Lipinski definition) is 0. The third-order valence-corrected chi connectivity index (χ3v) is 13.9. The molecular formula is C74H108O22. The number of carbonyl (C=O) groups is 8. The van der Waals surface area contributed by atoms with Crippen LogP contribution in [0.3, 0.4) is 0 Å². The van der Waals surface area contributed by atoms with Gasteiger partial charge in [0.25, 0.3) is 0 Å². The maximum atomic E-state index is 11.8. The molecule has 4 aromatic rings. The lowest BCUT2D eigenvalue weighted by Gasteiger charge is -2.20. The van der Waals surface area contributed by atoms with Crippen LogP contribution in [0.15, 0.2) is 121 Å². The molecule has 2 fully saturated rings. The van der Waals surface area contributed by atoms with E-state index in [1.807, 2.05) is 38.1 Å². The van der Waals surface area contributed by atoms with E-state index in [0.29, 0.717) is 128 Å². The van der Waals surface area contributed by atoms with Crippen LogP contribution >= 0.6 is 0 Å². The zero-order valence-electron chi connectivity index (χ0n) is 55.1. The monoisotopic (exact) mass is 1350 g/mol. The molecule has 0 bridgehead atoms. The zero-order chi connectivity index (χ0) is 67.6. The van der Waals surface area contributed by atoms with Crippen molar-refractivity contribution in [1.29, 1.82) is 0 Å². The Morgan fingerprint density at radius 1 is 0.281 bits per heavy atom. The maximum Gasteiger partial charge on any atom is 0.338 e.